The summed E-state index contributed by atoms with van der Waals surface area (Å²) in [7, 11) is 0. The molecule has 0 aliphatic carbocycles. The first-order valence-corrected chi connectivity index (χ1v) is 8.42. The number of benzene rings is 1. The molecule has 1 aromatic heterocycles. The lowest BCUT2D eigenvalue weighted by atomic mass is 9.99. The van der Waals surface area contributed by atoms with E-state index >= 15 is 0 Å². The number of rotatable bonds is 6. The van der Waals surface area contributed by atoms with E-state index in [1.165, 1.54) is 0 Å². The molecule has 26 heavy (non-hydrogen) atoms. The number of nitrogens with zero attached hydrogens (tertiary/aromatic N) is 1. The molecule has 138 valence electrons. The van der Waals surface area contributed by atoms with Crippen LogP contribution in [0.4, 0.5) is 4.79 Å². The van der Waals surface area contributed by atoms with Crippen LogP contribution in [-0.4, -0.2) is 29.2 Å². The Hall–Kier alpha value is -2.89. The highest BCUT2D eigenvalue weighted by molar-refractivity contribution is 5.79. The van der Waals surface area contributed by atoms with E-state index in [4.69, 9.17) is 9.47 Å². The minimum absolute atomic E-state index is 0.0881. The Morgan fingerprint density at radius 2 is 1.85 bits per heavy atom. The third-order valence-corrected chi connectivity index (χ3v) is 3.44. The fraction of sp³-hybridized carbons (Fsp3) is 0.350. The number of carbonyl (C=O) groups excluding carboxylic acids is 2. The third-order valence-electron chi connectivity index (χ3n) is 3.44. The Kier molecular flexibility index (Phi) is 6.72. The first-order chi connectivity index (χ1) is 12.3. The second-order valence-corrected chi connectivity index (χ2v) is 6.82. The smallest absolute Gasteiger partial charge is 0.407 e. The van der Waals surface area contributed by atoms with Crippen LogP contribution in [0.5, 0.6) is 0 Å². The number of pyridine rings is 1. The van der Waals surface area contributed by atoms with Gasteiger partial charge in [-0.3, -0.25) is 9.78 Å². The molecule has 1 atom stereocenters. The van der Waals surface area contributed by atoms with Gasteiger partial charge in [0.1, 0.15) is 12.2 Å². The fourth-order valence-corrected chi connectivity index (χ4v) is 2.26. The topological polar surface area (TPSA) is 77.5 Å². The first kappa shape index (κ1) is 19.4. The second kappa shape index (κ2) is 8.99. The molecule has 1 unspecified atom stereocenters. The Morgan fingerprint density at radius 3 is 2.46 bits per heavy atom. The first-order valence-electron chi connectivity index (χ1n) is 8.42. The average molecular weight is 356 g/mol. The molecule has 0 saturated carbocycles. The molecule has 1 aromatic carbocycles. The standard InChI is InChI=1S/C20H24N2O4/c1-20(2,3)26-19(24)22-13-17(16-9-5-4-6-10-16)18(23)25-14-15-8-7-11-21-12-15/h4-12,17H,13-14H2,1-3H3,(H,22,24). The number of esters is 1. The van der Waals surface area contributed by atoms with Gasteiger partial charge < -0.3 is 14.8 Å². The number of hydrogen-bond donors (Lipinski definition) is 1. The maximum atomic E-state index is 12.6. The molecule has 6 nitrogen and oxygen atoms in total. The van der Waals surface area contributed by atoms with Crippen molar-refractivity contribution in [2.45, 2.75) is 38.9 Å². The average Bonchev–Trinajstić information content (AvgIpc) is 2.60. The van der Waals surface area contributed by atoms with Gasteiger partial charge in [-0.05, 0) is 32.4 Å². The molecule has 1 heterocycles. The highest BCUT2D eigenvalue weighted by Crippen LogP contribution is 2.18. The molecule has 0 radical (unpaired) electrons. The fourth-order valence-electron chi connectivity index (χ4n) is 2.26. The number of alkyl carbamates (subject to hydrolysis) is 1. The largest absolute Gasteiger partial charge is 0.460 e. The van der Waals surface area contributed by atoms with E-state index in [1.807, 2.05) is 36.4 Å². The van der Waals surface area contributed by atoms with E-state index in [2.05, 4.69) is 10.3 Å². The highest BCUT2D eigenvalue weighted by atomic mass is 16.6. The SMILES string of the molecule is CC(C)(C)OC(=O)NCC(C(=O)OCc1cccnc1)c1ccccc1. The summed E-state index contributed by atoms with van der Waals surface area (Å²) in [6, 6.07) is 12.8. The summed E-state index contributed by atoms with van der Waals surface area (Å²) in [5.41, 5.74) is 0.958. The maximum Gasteiger partial charge on any atom is 0.407 e. The van der Waals surface area contributed by atoms with Crippen molar-refractivity contribution < 1.29 is 19.1 Å². The van der Waals surface area contributed by atoms with Crippen molar-refractivity contribution in [3.05, 3.63) is 66.0 Å². The Balaban J connectivity index is 2.01. The summed E-state index contributed by atoms with van der Waals surface area (Å²) in [5.74, 6) is -1.04. The van der Waals surface area contributed by atoms with Crippen molar-refractivity contribution in [3.63, 3.8) is 0 Å². The van der Waals surface area contributed by atoms with Crippen molar-refractivity contribution in [1.82, 2.24) is 10.3 Å². The van der Waals surface area contributed by atoms with Crippen LogP contribution >= 0.6 is 0 Å². The minimum atomic E-state index is -0.625. The van der Waals surface area contributed by atoms with Crippen LogP contribution in [0.25, 0.3) is 0 Å². The number of carbonyl (C=O) groups is 2. The van der Waals surface area contributed by atoms with Crippen LogP contribution in [0, 0.1) is 0 Å². The van der Waals surface area contributed by atoms with Gasteiger partial charge in [0.25, 0.3) is 0 Å². The van der Waals surface area contributed by atoms with Crippen LogP contribution in [-0.2, 0) is 20.9 Å². The Morgan fingerprint density at radius 1 is 1.12 bits per heavy atom. The van der Waals surface area contributed by atoms with Crippen molar-refractivity contribution in [1.29, 1.82) is 0 Å². The zero-order chi connectivity index (χ0) is 19.0. The van der Waals surface area contributed by atoms with Gasteiger partial charge in [-0.1, -0.05) is 36.4 Å². The third kappa shape index (κ3) is 6.55. The van der Waals surface area contributed by atoms with Crippen LogP contribution in [0.3, 0.4) is 0 Å². The molecule has 0 spiro atoms. The van der Waals surface area contributed by atoms with Crippen LogP contribution in [0.15, 0.2) is 54.9 Å². The lowest BCUT2D eigenvalue weighted by Crippen LogP contribution is -2.36. The lowest BCUT2D eigenvalue weighted by Gasteiger charge is -2.21. The summed E-state index contributed by atoms with van der Waals surface area (Å²) in [6.07, 6.45) is 2.73. The van der Waals surface area contributed by atoms with E-state index in [0.29, 0.717) is 0 Å². The van der Waals surface area contributed by atoms with Gasteiger partial charge in [0.2, 0.25) is 0 Å². The van der Waals surface area contributed by atoms with Crippen LogP contribution < -0.4 is 5.32 Å². The molecule has 1 N–H and O–H groups in total. The van der Waals surface area contributed by atoms with Crippen molar-refractivity contribution in [2.24, 2.45) is 0 Å². The van der Waals surface area contributed by atoms with E-state index in [-0.39, 0.29) is 13.2 Å². The molecular formula is C20H24N2O4. The van der Waals surface area contributed by atoms with Gasteiger partial charge in [-0.25, -0.2) is 4.79 Å². The van der Waals surface area contributed by atoms with Crippen molar-refractivity contribution in [2.75, 3.05) is 6.54 Å². The van der Waals surface area contributed by atoms with Gasteiger partial charge >= 0.3 is 12.1 Å². The number of aromatic nitrogens is 1. The number of amides is 1. The van der Waals surface area contributed by atoms with E-state index in [9.17, 15) is 9.59 Å². The van der Waals surface area contributed by atoms with Gasteiger partial charge in [0, 0.05) is 24.5 Å². The summed E-state index contributed by atoms with van der Waals surface area (Å²) in [6.45, 7) is 5.56. The van der Waals surface area contributed by atoms with E-state index in [0.717, 1.165) is 11.1 Å². The van der Waals surface area contributed by atoms with E-state index in [1.54, 1.807) is 39.2 Å². The summed E-state index contributed by atoms with van der Waals surface area (Å²) < 4.78 is 10.6. The zero-order valence-electron chi connectivity index (χ0n) is 15.3. The van der Waals surface area contributed by atoms with Gasteiger partial charge in [-0.15, -0.1) is 0 Å². The van der Waals surface area contributed by atoms with Gasteiger partial charge in [0.15, 0.2) is 0 Å². The molecule has 2 aromatic rings. The van der Waals surface area contributed by atoms with Gasteiger partial charge in [-0.2, -0.15) is 0 Å². The quantitative estimate of drug-likeness (QED) is 0.802. The Labute approximate surface area is 153 Å². The van der Waals surface area contributed by atoms with Gasteiger partial charge in [0.05, 0.1) is 5.92 Å². The summed E-state index contributed by atoms with van der Waals surface area (Å²) in [5, 5.41) is 2.64. The van der Waals surface area contributed by atoms with E-state index < -0.39 is 23.6 Å². The predicted molar refractivity (Wildman–Crippen MR) is 97.5 cm³/mol. The summed E-state index contributed by atoms with van der Waals surface area (Å²) in [4.78, 5) is 28.5. The van der Waals surface area contributed by atoms with Crippen LogP contribution in [0.2, 0.25) is 0 Å². The lowest BCUT2D eigenvalue weighted by molar-refractivity contribution is -0.146. The molecule has 6 heteroatoms. The second-order valence-electron chi connectivity index (χ2n) is 6.82. The van der Waals surface area contributed by atoms with Crippen molar-refractivity contribution >= 4 is 12.1 Å². The van der Waals surface area contributed by atoms with Crippen molar-refractivity contribution in [3.8, 4) is 0 Å². The Bertz CT molecular complexity index is 712. The number of hydrogen-bond acceptors (Lipinski definition) is 5. The molecule has 0 aliphatic heterocycles. The minimum Gasteiger partial charge on any atom is -0.460 e. The highest BCUT2D eigenvalue weighted by Gasteiger charge is 2.24. The molecule has 1 amide bonds. The zero-order valence-corrected chi connectivity index (χ0v) is 15.3. The summed E-state index contributed by atoms with van der Waals surface area (Å²) >= 11 is 0. The number of ether oxygens (including phenoxy) is 2. The number of nitrogens with one attached hydrogen (secondary N) is 1. The molecule has 2 rings (SSSR count). The normalized spacial score (nSPS) is 12.1. The monoisotopic (exact) mass is 356 g/mol. The predicted octanol–water partition coefficient (Wildman–Crippen LogP) is 3.43. The molecule has 0 bridgehead atoms. The molecule has 0 aliphatic rings. The van der Waals surface area contributed by atoms with Crippen LogP contribution in [0.1, 0.15) is 37.8 Å². The maximum absolute atomic E-state index is 12.6. The molecule has 0 fully saturated rings. The molecular weight excluding hydrogens is 332 g/mol. The molecule has 0 saturated heterocycles.